The molecule has 0 saturated carbocycles. The van der Waals surface area contributed by atoms with Crippen LogP contribution in [0.3, 0.4) is 0 Å². The van der Waals surface area contributed by atoms with Crippen molar-refractivity contribution in [1.29, 1.82) is 0 Å². The van der Waals surface area contributed by atoms with Crippen LogP contribution in [0.15, 0.2) is 4.34 Å². The van der Waals surface area contributed by atoms with Gasteiger partial charge in [-0.1, -0.05) is 30.0 Å². The Hall–Kier alpha value is -1.41. The van der Waals surface area contributed by atoms with Gasteiger partial charge in [0.2, 0.25) is 5.91 Å². The van der Waals surface area contributed by atoms with Gasteiger partial charge >= 0.3 is 0 Å². The molecule has 2 rings (SSSR count). The molecule has 0 radical (unpaired) electrons. The number of aromatic nitrogens is 4. The molecule has 1 amide bonds. The molecule has 0 bridgehead atoms. The second kappa shape index (κ2) is 7.73. The monoisotopic (exact) mass is 339 g/mol. The largest absolute Gasteiger partial charge is 0.351 e. The normalized spacial score (nSPS) is 10.9. The number of aryl methyl sites for hydroxylation is 3. The SMILES string of the molecule is CCCn1nc(C)c(CNC(=O)CSc2nnc(C)s2)c1C. The molecule has 0 aliphatic heterocycles. The van der Waals surface area contributed by atoms with Crippen LogP contribution in [0.1, 0.15) is 35.3 Å². The van der Waals surface area contributed by atoms with Gasteiger partial charge in [-0.05, 0) is 27.2 Å². The van der Waals surface area contributed by atoms with Gasteiger partial charge in [-0.2, -0.15) is 5.10 Å². The number of amides is 1. The summed E-state index contributed by atoms with van der Waals surface area (Å²) in [6, 6.07) is 0. The van der Waals surface area contributed by atoms with Crippen LogP contribution < -0.4 is 5.32 Å². The summed E-state index contributed by atoms with van der Waals surface area (Å²) in [6.07, 6.45) is 1.05. The van der Waals surface area contributed by atoms with E-state index in [2.05, 4.69) is 34.5 Å². The van der Waals surface area contributed by atoms with E-state index in [0.29, 0.717) is 12.3 Å². The standard InChI is InChI=1S/C14H21N5OS2/c1-5-6-19-10(3)12(9(2)18-19)7-15-13(20)8-21-14-17-16-11(4)22-14/h5-8H2,1-4H3,(H,15,20). The smallest absolute Gasteiger partial charge is 0.230 e. The van der Waals surface area contributed by atoms with Gasteiger partial charge in [0, 0.05) is 24.3 Å². The molecule has 8 heteroatoms. The summed E-state index contributed by atoms with van der Waals surface area (Å²) >= 11 is 2.92. The molecule has 0 fully saturated rings. The van der Waals surface area contributed by atoms with Crippen molar-refractivity contribution in [3.63, 3.8) is 0 Å². The molecule has 0 aromatic carbocycles. The molecule has 120 valence electrons. The number of rotatable bonds is 7. The van der Waals surface area contributed by atoms with Crippen LogP contribution >= 0.6 is 23.1 Å². The van der Waals surface area contributed by atoms with Gasteiger partial charge in [0.15, 0.2) is 4.34 Å². The minimum atomic E-state index is -0.0000976. The molecule has 0 aliphatic carbocycles. The number of carbonyl (C=O) groups excluding carboxylic acids is 1. The number of hydrogen-bond donors (Lipinski definition) is 1. The lowest BCUT2D eigenvalue weighted by Crippen LogP contribution is -2.25. The van der Waals surface area contributed by atoms with E-state index < -0.39 is 0 Å². The second-order valence-corrected chi connectivity index (χ2v) is 7.43. The van der Waals surface area contributed by atoms with Gasteiger partial charge < -0.3 is 5.32 Å². The Morgan fingerprint density at radius 3 is 2.73 bits per heavy atom. The molecular weight excluding hydrogens is 318 g/mol. The molecule has 0 saturated heterocycles. The predicted octanol–water partition coefficient (Wildman–Crippen LogP) is 2.48. The van der Waals surface area contributed by atoms with Crippen molar-refractivity contribution in [2.75, 3.05) is 5.75 Å². The first-order chi connectivity index (χ1) is 10.5. The van der Waals surface area contributed by atoms with E-state index in [0.717, 1.165) is 39.3 Å². The molecule has 2 heterocycles. The fourth-order valence-corrected chi connectivity index (χ4v) is 3.77. The van der Waals surface area contributed by atoms with Gasteiger partial charge in [-0.25, -0.2) is 0 Å². The first kappa shape index (κ1) is 17.0. The number of carbonyl (C=O) groups is 1. The van der Waals surface area contributed by atoms with Gasteiger partial charge in [-0.15, -0.1) is 10.2 Å². The summed E-state index contributed by atoms with van der Waals surface area (Å²) < 4.78 is 2.84. The van der Waals surface area contributed by atoms with Gasteiger partial charge in [-0.3, -0.25) is 9.48 Å². The van der Waals surface area contributed by atoms with Crippen LogP contribution in [-0.4, -0.2) is 31.6 Å². The number of thioether (sulfide) groups is 1. The number of nitrogens with one attached hydrogen (secondary N) is 1. The third-order valence-electron chi connectivity index (χ3n) is 3.26. The molecule has 0 spiro atoms. The maximum absolute atomic E-state index is 11.9. The molecule has 22 heavy (non-hydrogen) atoms. The zero-order valence-corrected chi connectivity index (χ0v) is 15.0. The summed E-state index contributed by atoms with van der Waals surface area (Å²) in [4.78, 5) is 11.9. The van der Waals surface area contributed by atoms with Crippen LogP contribution in [0.5, 0.6) is 0 Å². The van der Waals surface area contributed by atoms with Crippen LogP contribution in [0.25, 0.3) is 0 Å². The summed E-state index contributed by atoms with van der Waals surface area (Å²) in [5.74, 6) is 0.357. The van der Waals surface area contributed by atoms with Crippen LogP contribution in [0.2, 0.25) is 0 Å². The van der Waals surface area contributed by atoms with Crippen molar-refractivity contribution in [2.24, 2.45) is 0 Å². The quantitative estimate of drug-likeness (QED) is 0.785. The minimum absolute atomic E-state index is 0.0000976. The van der Waals surface area contributed by atoms with E-state index in [-0.39, 0.29) is 5.91 Å². The van der Waals surface area contributed by atoms with E-state index >= 15 is 0 Å². The Balaban J connectivity index is 1.85. The van der Waals surface area contributed by atoms with Crippen molar-refractivity contribution in [3.8, 4) is 0 Å². The number of hydrogen-bond acceptors (Lipinski definition) is 6. The highest BCUT2D eigenvalue weighted by molar-refractivity contribution is 8.01. The molecule has 1 N–H and O–H groups in total. The maximum atomic E-state index is 11.9. The highest BCUT2D eigenvalue weighted by Crippen LogP contribution is 2.21. The zero-order valence-electron chi connectivity index (χ0n) is 13.3. The fourth-order valence-electron chi connectivity index (χ4n) is 2.12. The summed E-state index contributed by atoms with van der Waals surface area (Å²) in [5, 5.41) is 16.3. The van der Waals surface area contributed by atoms with Gasteiger partial charge in [0.05, 0.1) is 11.4 Å². The van der Waals surface area contributed by atoms with Crippen molar-refractivity contribution in [2.45, 2.75) is 51.5 Å². The van der Waals surface area contributed by atoms with Crippen molar-refractivity contribution >= 4 is 29.0 Å². The molecule has 2 aromatic rings. The first-order valence-electron chi connectivity index (χ1n) is 7.23. The lowest BCUT2D eigenvalue weighted by molar-refractivity contribution is -0.118. The third-order valence-corrected chi connectivity index (χ3v) is 5.24. The minimum Gasteiger partial charge on any atom is -0.351 e. The first-order valence-corrected chi connectivity index (χ1v) is 9.04. The Labute approximate surface area is 138 Å². The molecule has 6 nitrogen and oxygen atoms in total. The summed E-state index contributed by atoms with van der Waals surface area (Å²) in [7, 11) is 0. The highest BCUT2D eigenvalue weighted by Gasteiger charge is 2.12. The van der Waals surface area contributed by atoms with Crippen molar-refractivity contribution in [3.05, 3.63) is 22.0 Å². The van der Waals surface area contributed by atoms with E-state index in [4.69, 9.17) is 0 Å². The fraction of sp³-hybridized carbons (Fsp3) is 0.571. The van der Waals surface area contributed by atoms with Crippen LogP contribution in [-0.2, 0) is 17.9 Å². The zero-order chi connectivity index (χ0) is 16.1. The van der Waals surface area contributed by atoms with Crippen LogP contribution in [0, 0.1) is 20.8 Å². The average Bonchev–Trinajstić information content (AvgIpc) is 3.00. The van der Waals surface area contributed by atoms with Gasteiger partial charge in [0.25, 0.3) is 0 Å². The van der Waals surface area contributed by atoms with Crippen LogP contribution in [0.4, 0.5) is 0 Å². The van der Waals surface area contributed by atoms with Crippen molar-refractivity contribution < 1.29 is 4.79 Å². The van der Waals surface area contributed by atoms with E-state index in [1.54, 1.807) is 0 Å². The Kier molecular flexibility index (Phi) is 5.96. The van der Waals surface area contributed by atoms with Gasteiger partial charge in [0.1, 0.15) is 5.01 Å². The molecular formula is C14H21N5OS2. The lowest BCUT2D eigenvalue weighted by Gasteiger charge is -2.06. The Bertz CT molecular complexity index is 650. The summed E-state index contributed by atoms with van der Waals surface area (Å²) in [6.45, 7) is 9.50. The predicted molar refractivity (Wildman–Crippen MR) is 89.2 cm³/mol. The second-order valence-electron chi connectivity index (χ2n) is 5.02. The summed E-state index contributed by atoms with van der Waals surface area (Å²) in [5.41, 5.74) is 3.23. The maximum Gasteiger partial charge on any atom is 0.230 e. The van der Waals surface area contributed by atoms with E-state index in [1.165, 1.54) is 23.1 Å². The lowest BCUT2D eigenvalue weighted by atomic mass is 10.2. The van der Waals surface area contributed by atoms with Crippen molar-refractivity contribution in [1.82, 2.24) is 25.3 Å². The Morgan fingerprint density at radius 1 is 1.32 bits per heavy atom. The number of nitrogens with zero attached hydrogens (tertiary/aromatic N) is 4. The molecule has 0 aliphatic rings. The Morgan fingerprint density at radius 2 is 2.09 bits per heavy atom. The highest BCUT2D eigenvalue weighted by atomic mass is 32.2. The van der Waals surface area contributed by atoms with E-state index in [9.17, 15) is 4.79 Å². The molecule has 0 atom stereocenters. The molecule has 0 unspecified atom stereocenters. The third kappa shape index (κ3) is 4.30. The molecule has 2 aromatic heterocycles. The average molecular weight is 339 g/mol. The topological polar surface area (TPSA) is 72.7 Å². The van der Waals surface area contributed by atoms with E-state index in [1.807, 2.05) is 18.5 Å².